The highest BCUT2D eigenvalue weighted by molar-refractivity contribution is 7.89. The molecular formula is C20H30N2O4S. The third-order valence-electron chi connectivity index (χ3n) is 6.06. The van der Waals surface area contributed by atoms with E-state index in [4.69, 9.17) is 4.74 Å². The number of benzene rings is 1. The molecule has 0 spiro atoms. The fourth-order valence-electron chi connectivity index (χ4n) is 3.98. The maximum atomic E-state index is 13.0. The molecule has 2 fully saturated rings. The van der Waals surface area contributed by atoms with Gasteiger partial charge in [0.2, 0.25) is 10.0 Å². The van der Waals surface area contributed by atoms with Crippen molar-refractivity contribution in [2.75, 3.05) is 26.3 Å². The van der Waals surface area contributed by atoms with Crippen molar-refractivity contribution < 1.29 is 17.9 Å². The summed E-state index contributed by atoms with van der Waals surface area (Å²) in [7, 11) is -3.63. The molecule has 0 aromatic heterocycles. The van der Waals surface area contributed by atoms with Gasteiger partial charge in [-0.25, -0.2) is 8.42 Å². The summed E-state index contributed by atoms with van der Waals surface area (Å²) in [5.41, 5.74) is 1.05. The van der Waals surface area contributed by atoms with Gasteiger partial charge in [0.25, 0.3) is 5.91 Å². The Morgan fingerprint density at radius 1 is 1.19 bits per heavy atom. The average Bonchev–Trinajstić information content (AvgIpc) is 2.66. The Hall–Kier alpha value is -1.44. The number of aryl methyl sites for hydroxylation is 1. The summed E-state index contributed by atoms with van der Waals surface area (Å²) < 4.78 is 32.7. The molecule has 1 heterocycles. The number of nitrogens with one attached hydrogen (secondary N) is 1. The summed E-state index contributed by atoms with van der Waals surface area (Å²) in [5, 5.41) is 3.13. The SMILES string of the molecule is Cc1ccc(C(=O)N[C@H]2CCC[C@H](C)[C@H]2C)cc1S(=O)(=O)N1CCOCC1. The van der Waals surface area contributed by atoms with Gasteiger partial charge in [-0.3, -0.25) is 4.79 Å². The van der Waals surface area contributed by atoms with Crippen molar-refractivity contribution in [1.82, 2.24) is 9.62 Å². The first-order valence-corrected chi connectivity index (χ1v) is 11.2. The Labute approximate surface area is 162 Å². The standard InChI is InChI=1S/C20H30N2O4S/c1-14-5-4-6-18(16(14)3)21-20(23)17-8-7-15(2)19(13-17)27(24,25)22-9-11-26-12-10-22/h7-8,13-14,16,18H,4-6,9-12H2,1-3H3,(H,21,23)/t14-,16+,18-/m0/s1. The van der Waals surface area contributed by atoms with E-state index in [0.29, 0.717) is 49.3 Å². The second-order valence-corrected chi connectivity index (χ2v) is 9.75. The highest BCUT2D eigenvalue weighted by atomic mass is 32.2. The smallest absolute Gasteiger partial charge is 0.251 e. The summed E-state index contributed by atoms with van der Waals surface area (Å²) in [6, 6.07) is 5.09. The zero-order valence-corrected chi connectivity index (χ0v) is 17.2. The van der Waals surface area contributed by atoms with E-state index in [9.17, 15) is 13.2 Å². The Morgan fingerprint density at radius 2 is 1.89 bits per heavy atom. The van der Waals surface area contributed by atoms with Crippen LogP contribution in [0.1, 0.15) is 49.0 Å². The summed E-state index contributed by atoms with van der Waals surface area (Å²) in [4.78, 5) is 13.0. The van der Waals surface area contributed by atoms with Crippen molar-refractivity contribution in [3.8, 4) is 0 Å². The lowest BCUT2D eigenvalue weighted by Gasteiger charge is -2.34. The molecule has 1 amide bonds. The first-order chi connectivity index (χ1) is 12.8. The minimum absolute atomic E-state index is 0.141. The lowest BCUT2D eigenvalue weighted by atomic mass is 9.78. The summed E-state index contributed by atoms with van der Waals surface area (Å²) >= 11 is 0. The van der Waals surface area contributed by atoms with E-state index in [2.05, 4.69) is 19.2 Å². The Kier molecular flexibility index (Phi) is 6.23. The van der Waals surface area contributed by atoms with Gasteiger partial charge in [0.05, 0.1) is 18.1 Å². The van der Waals surface area contributed by atoms with E-state index in [-0.39, 0.29) is 16.8 Å². The quantitative estimate of drug-likeness (QED) is 0.852. The van der Waals surface area contributed by atoms with E-state index in [1.54, 1.807) is 19.1 Å². The number of amides is 1. The maximum Gasteiger partial charge on any atom is 0.251 e. The monoisotopic (exact) mass is 394 g/mol. The number of nitrogens with zero attached hydrogens (tertiary/aromatic N) is 1. The summed E-state index contributed by atoms with van der Waals surface area (Å²) in [6.45, 7) is 7.65. The lowest BCUT2D eigenvalue weighted by Crippen LogP contribution is -2.44. The molecule has 1 saturated heterocycles. The number of rotatable bonds is 4. The number of hydrogen-bond donors (Lipinski definition) is 1. The van der Waals surface area contributed by atoms with Crippen LogP contribution in [0.15, 0.2) is 23.1 Å². The van der Waals surface area contributed by atoms with E-state index in [0.717, 1.165) is 12.8 Å². The number of carbonyl (C=O) groups is 1. The molecule has 0 radical (unpaired) electrons. The molecule has 1 aliphatic heterocycles. The minimum atomic E-state index is -3.63. The molecular weight excluding hydrogens is 364 g/mol. The Morgan fingerprint density at radius 3 is 2.59 bits per heavy atom. The van der Waals surface area contributed by atoms with Crippen molar-refractivity contribution in [2.24, 2.45) is 11.8 Å². The highest BCUT2D eigenvalue weighted by Gasteiger charge is 2.30. The molecule has 3 rings (SSSR count). The Bertz CT molecular complexity index is 787. The van der Waals surface area contributed by atoms with Gasteiger partial charge in [-0.15, -0.1) is 0 Å². The zero-order valence-electron chi connectivity index (χ0n) is 16.4. The predicted molar refractivity (Wildman–Crippen MR) is 104 cm³/mol. The van der Waals surface area contributed by atoms with Gasteiger partial charge in [0, 0.05) is 24.7 Å². The normalized spacial score (nSPS) is 27.3. The molecule has 0 bridgehead atoms. The lowest BCUT2D eigenvalue weighted by molar-refractivity contribution is 0.0730. The van der Waals surface area contributed by atoms with E-state index < -0.39 is 10.0 Å². The second-order valence-electron chi connectivity index (χ2n) is 7.84. The van der Waals surface area contributed by atoms with Gasteiger partial charge in [-0.2, -0.15) is 4.31 Å². The van der Waals surface area contributed by atoms with E-state index in [1.807, 2.05) is 0 Å². The molecule has 2 aliphatic rings. The van der Waals surface area contributed by atoms with Gasteiger partial charge >= 0.3 is 0 Å². The van der Waals surface area contributed by atoms with Crippen molar-refractivity contribution in [2.45, 2.75) is 51.0 Å². The van der Waals surface area contributed by atoms with Crippen molar-refractivity contribution >= 4 is 15.9 Å². The first kappa shape index (κ1) is 20.3. The third kappa shape index (κ3) is 4.36. The number of morpholine rings is 1. The van der Waals surface area contributed by atoms with E-state index in [1.165, 1.54) is 16.8 Å². The van der Waals surface area contributed by atoms with Crippen LogP contribution < -0.4 is 5.32 Å². The van der Waals surface area contributed by atoms with Gasteiger partial charge in [0.15, 0.2) is 0 Å². The molecule has 3 atom stereocenters. The molecule has 6 nitrogen and oxygen atoms in total. The molecule has 1 aromatic carbocycles. The van der Waals surface area contributed by atoms with Crippen LogP contribution in [0.3, 0.4) is 0 Å². The van der Waals surface area contributed by atoms with Crippen molar-refractivity contribution in [3.05, 3.63) is 29.3 Å². The van der Waals surface area contributed by atoms with Crippen LogP contribution in [0.25, 0.3) is 0 Å². The third-order valence-corrected chi connectivity index (χ3v) is 8.10. The predicted octanol–water partition coefficient (Wildman–Crippen LogP) is 2.57. The minimum Gasteiger partial charge on any atom is -0.379 e. The van der Waals surface area contributed by atoms with Gasteiger partial charge in [0.1, 0.15) is 0 Å². The molecule has 1 N–H and O–H groups in total. The van der Waals surface area contributed by atoms with Crippen LogP contribution in [0.4, 0.5) is 0 Å². The van der Waals surface area contributed by atoms with Crippen molar-refractivity contribution in [1.29, 1.82) is 0 Å². The van der Waals surface area contributed by atoms with Crippen LogP contribution >= 0.6 is 0 Å². The number of carbonyl (C=O) groups excluding carboxylic acids is 1. The first-order valence-electron chi connectivity index (χ1n) is 9.80. The zero-order chi connectivity index (χ0) is 19.6. The summed E-state index contributed by atoms with van der Waals surface area (Å²) in [6.07, 6.45) is 3.28. The number of ether oxygens (including phenoxy) is 1. The largest absolute Gasteiger partial charge is 0.379 e. The fraction of sp³-hybridized carbons (Fsp3) is 0.650. The Balaban J connectivity index is 1.81. The molecule has 7 heteroatoms. The highest BCUT2D eigenvalue weighted by Crippen LogP contribution is 2.30. The van der Waals surface area contributed by atoms with E-state index >= 15 is 0 Å². The average molecular weight is 395 g/mol. The van der Waals surface area contributed by atoms with Gasteiger partial charge in [-0.05, 0) is 42.9 Å². The topological polar surface area (TPSA) is 75.7 Å². The van der Waals surface area contributed by atoms with Crippen LogP contribution in [0.2, 0.25) is 0 Å². The van der Waals surface area contributed by atoms with Gasteiger partial charge < -0.3 is 10.1 Å². The van der Waals surface area contributed by atoms with Crippen LogP contribution in [-0.4, -0.2) is 51.0 Å². The summed E-state index contributed by atoms with van der Waals surface area (Å²) in [5.74, 6) is 0.809. The molecule has 1 aliphatic carbocycles. The molecule has 27 heavy (non-hydrogen) atoms. The van der Waals surface area contributed by atoms with Gasteiger partial charge in [-0.1, -0.05) is 32.8 Å². The number of hydrogen-bond acceptors (Lipinski definition) is 4. The molecule has 1 saturated carbocycles. The number of sulfonamides is 1. The van der Waals surface area contributed by atoms with Crippen LogP contribution in [0.5, 0.6) is 0 Å². The molecule has 0 unspecified atom stereocenters. The van der Waals surface area contributed by atoms with Crippen LogP contribution in [-0.2, 0) is 14.8 Å². The van der Waals surface area contributed by atoms with Crippen molar-refractivity contribution in [3.63, 3.8) is 0 Å². The molecule has 150 valence electrons. The second kappa shape index (κ2) is 8.29. The fourth-order valence-corrected chi connectivity index (χ4v) is 5.64. The van der Waals surface area contributed by atoms with Crippen LogP contribution in [0, 0.1) is 18.8 Å². The molecule has 1 aromatic rings. The maximum absolute atomic E-state index is 13.0.